The molecule has 1 aliphatic carbocycles. The first kappa shape index (κ1) is 12.6. The zero-order chi connectivity index (χ0) is 11.1. The Kier molecular flexibility index (Phi) is 5.82. The van der Waals surface area contributed by atoms with Crippen molar-refractivity contribution in [1.82, 2.24) is 4.72 Å². The van der Waals surface area contributed by atoms with Crippen LogP contribution in [0, 0.1) is 5.92 Å². The van der Waals surface area contributed by atoms with Crippen LogP contribution in [0.3, 0.4) is 0 Å². The Labute approximate surface area is 92.0 Å². The maximum Gasteiger partial charge on any atom is 0.308 e. The molecule has 1 saturated carbocycles. The molecule has 0 heterocycles. The lowest BCUT2D eigenvalue weighted by Gasteiger charge is -2.19. The fraction of sp³-hybridized carbons (Fsp3) is 0.889. The van der Waals surface area contributed by atoms with Gasteiger partial charge in [0.1, 0.15) is 6.61 Å². The summed E-state index contributed by atoms with van der Waals surface area (Å²) in [5, 5.41) is 0. The van der Waals surface area contributed by atoms with E-state index in [1.165, 1.54) is 6.42 Å². The van der Waals surface area contributed by atoms with Crippen LogP contribution >= 0.6 is 0 Å². The minimum absolute atomic E-state index is 0.0245. The largest absolute Gasteiger partial charge is 0.760 e. The van der Waals surface area contributed by atoms with Gasteiger partial charge in [-0.15, -0.1) is 0 Å². The minimum Gasteiger partial charge on any atom is -0.760 e. The van der Waals surface area contributed by atoms with E-state index in [-0.39, 0.29) is 25.0 Å². The van der Waals surface area contributed by atoms with E-state index in [0.717, 1.165) is 25.7 Å². The first-order valence-corrected chi connectivity index (χ1v) is 6.27. The molecule has 0 radical (unpaired) electrons. The molecule has 1 rings (SSSR count). The Morgan fingerprint density at radius 2 is 2.07 bits per heavy atom. The molecule has 0 spiro atoms. The van der Waals surface area contributed by atoms with Crippen LogP contribution < -0.4 is 4.72 Å². The van der Waals surface area contributed by atoms with Crippen LogP contribution in [-0.2, 0) is 20.8 Å². The predicted octanol–water partition coefficient (Wildman–Crippen LogP) is 0.494. The second kappa shape index (κ2) is 6.92. The molecule has 15 heavy (non-hydrogen) atoms. The SMILES string of the molecule is O=C(OCCNS(=O)[O-])C1CCCCC1. The van der Waals surface area contributed by atoms with Crippen molar-refractivity contribution < 1.29 is 18.3 Å². The topological polar surface area (TPSA) is 78.5 Å². The van der Waals surface area contributed by atoms with Gasteiger partial charge in [-0.1, -0.05) is 19.3 Å². The van der Waals surface area contributed by atoms with E-state index in [1.807, 2.05) is 0 Å². The Hall–Kier alpha value is -0.460. The third-order valence-electron chi connectivity index (χ3n) is 2.50. The zero-order valence-electron chi connectivity index (χ0n) is 8.57. The number of esters is 1. The van der Waals surface area contributed by atoms with E-state index in [2.05, 4.69) is 4.72 Å². The third-order valence-corrected chi connectivity index (χ3v) is 2.94. The smallest absolute Gasteiger partial charge is 0.308 e. The van der Waals surface area contributed by atoms with Gasteiger partial charge in [-0.05, 0) is 12.8 Å². The van der Waals surface area contributed by atoms with E-state index >= 15 is 0 Å². The van der Waals surface area contributed by atoms with Gasteiger partial charge in [0.2, 0.25) is 0 Å². The second-order valence-corrected chi connectivity index (χ2v) is 4.39. The molecule has 1 aliphatic rings. The summed E-state index contributed by atoms with van der Waals surface area (Å²) < 4.78 is 27.3. The molecule has 0 amide bonds. The highest BCUT2D eigenvalue weighted by molar-refractivity contribution is 7.77. The van der Waals surface area contributed by atoms with E-state index < -0.39 is 11.3 Å². The highest BCUT2D eigenvalue weighted by Gasteiger charge is 2.21. The van der Waals surface area contributed by atoms with Crippen molar-refractivity contribution in [2.45, 2.75) is 32.1 Å². The molecule has 6 heteroatoms. The molecule has 0 aromatic heterocycles. The summed E-state index contributed by atoms with van der Waals surface area (Å²) in [4.78, 5) is 11.4. The number of hydrogen-bond acceptors (Lipinski definition) is 4. The van der Waals surface area contributed by atoms with Crippen LogP contribution in [0.25, 0.3) is 0 Å². The van der Waals surface area contributed by atoms with Gasteiger partial charge < -0.3 is 9.29 Å². The molecular formula is C9H16NO4S-. The Morgan fingerprint density at radius 3 is 2.67 bits per heavy atom. The molecule has 5 nitrogen and oxygen atoms in total. The molecule has 1 fully saturated rings. The molecule has 0 saturated heterocycles. The number of rotatable bonds is 5. The van der Waals surface area contributed by atoms with Crippen molar-refractivity contribution in [1.29, 1.82) is 0 Å². The molecule has 0 bridgehead atoms. The number of nitrogens with one attached hydrogen (secondary N) is 1. The van der Waals surface area contributed by atoms with Gasteiger partial charge in [0.05, 0.1) is 5.92 Å². The highest BCUT2D eigenvalue weighted by Crippen LogP contribution is 2.24. The third kappa shape index (κ3) is 5.25. The summed E-state index contributed by atoms with van der Waals surface area (Å²) in [6.45, 7) is 0.262. The average Bonchev–Trinajstić information content (AvgIpc) is 2.25. The van der Waals surface area contributed by atoms with Gasteiger partial charge in [0.15, 0.2) is 0 Å². The van der Waals surface area contributed by atoms with Crippen molar-refractivity contribution in [2.75, 3.05) is 13.2 Å². The van der Waals surface area contributed by atoms with Gasteiger partial charge in [0.25, 0.3) is 0 Å². The van der Waals surface area contributed by atoms with Crippen molar-refractivity contribution in [2.24, 2.45) is 5.92 Å². The van der Waals surface area contributed by atoms with Gasteiger partial charge in [-0.25, -0.2) is 4.72 Å². The molecule has 0 aliphatic heterocycles. The summed E-state index contributed by atoms with van der Waals surface area (Å²) in [5.41, 5.74) is 0. The Bertz CT molecular complexity index is 228. The van der Waals surface area contributed by atoms with Crippen LogP contribution in [-0.4, -0.2) is 27.9 Å². The van der Waals surface area contributed by atoms with Crippen LogP contribution in [0.5, 0.6) is 0 Å². The first-order valence-electron chi connectivity index (χ1n) is 5.19. The van der Waals surface area contributed by atoms with Gasteiger partial charge in [-0.3, -0.25) is 9.00 Å². The molecule has 0 aromatic carbocycles. The quantitative estimate of drug-likeness (QED) is 0.426. The number of carbonyl (C=O) groups excluding carboxylic acids is 1. The number of hydrogen-bond donors (Lipinski definition) is 1. The molecule has 88 valence electrons. The standard InChI is InChI=1S/C9H17NO4S/c11-9(8-4-2-1-3-5-8)14-7-6-10-15(12)13/h8,10H,1-7H2,(H,12,13)/p-1. The highest BCUT2D eigenvalue weighted by atomic mass is 32.2. The zero-order valence-corrected chi connectivity index (χ0v) is 9.38. The van der Waals surface area contributed by atoms with E-state index in [0.29, 0.717) is 0 Å². The number of ether oxygens (including phenoxy) is 1. The first-order chi connectivity index (χ1) is 7.20. The van der Waals surface area contributed by atoms with Crippen LogP contribution in [0.4, 0.5) is 0 Å². The van der Waals surface area contributed by atoms with E-state index in [1.54, 1.807) is 0 Å². The predicted molar refractivity (Wildman–Crippen MR) is 54.5 cm³/mol. The summed E-state index contributed by atoms with van der Waals surface area (Å²) in [6, 6.07) is 0. The monoisotopic (exact) mass is 234 g/mol. The lowest BCUT2D eigenvalue weighted by atomic mass is 9.89. The Balaban J connectivity index is 2.09. The normalized spacial score (nSPS) is 19.8. The summed E-state index contributed by atoms with van der Waals surface area (Å²) in [5.74, 6) is -0.162. The van der Waals surface area contributed by atoms with Crippen LogP contribution in [0.2, 0.25) is 0 Å². The van der Waals surface area contributed by atoms with Crippen molar-refractivity contribution >= 4 is 17.2 Å². The number of carbonyl (C=O) groups is 1. The molecule has 1 unspecified atom stereocenters. The van der Waals surface area contributed by atoms with Crippen LogP contribution in [0.15, 0.2) is 0 Å². The fourth-order valence-corrected chi connectivity index (χ4v) is 1.98. The van der Waals surface area contributed by atoms with Crippen molar-refractivity contribution in [3.05, 3.63) is 0 Å². The van der Waals surface area contributed by atoms with E-state index in [4.69, 9.17) is 4.74 Å². The van der Waals surface area contributed by atoms with E-state index in [9.17, 15) is 13.6 Å². The lowest BCUT2D eigenvalue weighted by Crippen LogP contribution is -2.26. The maximum atomic E-state index is 11.4. The summed E-state index contributed by atoms with van der Waals surface area (Å²) in [7, 11) is 0. The fourth-order valence-electron chi connectivity index (χ4n) is 1.73. The van der Waals surface area contributed by atoms with Crippen LogP contribution in [0.1, 0.15) is 32.1 Å². The van der Waals surface area contributed by atoms with Gasteiger partial charge >= 0.3 is 5.97 Å². The van der Waals surface area contributed by atoms with Gasteiger partial charge in [-0.2, -0.15) is 0 Å². The van der Waals surface area contributed by atoms with Gasteiger partial charge in [0, 0.05) is 17.8 Å². The molecule has 1 N–H and O–H groups in total. The minimum atomic E-state index is -2.28. The average molecular weight is 234 g/mol. The Morgan fingerprint density at radius 1 is 1.40 bits per heavy atom. The van der Waals surface area contributed by atoms with Crippen molar-refractivity contribution in [3.63, 3.8) is 0 Å². The molecule has 1 atom stereocenters. The lowest BCUT2D eigenvalue weighted by molar-refractivity contribution is -0.149. The second-order valence-electron chi connectivity index (χ2n) is 3.63. The summed E-state index contributed by atoms with van der Waals surface area (Å²) in [6.07, 6.45) is 5.17. The maximum absolute atomic E-state index is 11.4. The molecule has 0 aromatic rings. The van der Waals surface area contributed by atoms with Crippen molar-refractivity contribution in [3.8, 4) is 0 Å². The summed E-state index contributed by atoms with van der Waals surface area (Å²) >= 11 is -2.28. The molecular weight excluding hydrogens is 218 g/mol.